The number of aliphatic hydroxyl groups excluding tert-OH is 1. The van der Waals surface area contributed by atoms with Crippen LogP contribution in [-0.2, 0) is 6.42 Å². The van der Waals surface area contributed by atoms with E-state index in [1.165, 1.54) is 11.1 Å². The van der Waals surface area contributed by atoms with Gasteiger partial charge in [0.05, 0.1) is 6.10 Å². The van der Waals surface area contributed by atoms with Gasteiger partial charge < -0.3 is 10.4 Å². The summed E-state index contributed by atoms with van der Waals surface area (Å²) in [6, 6.07) is 1.99. The first kappa shape index (κ1) is 10.8. The van der Waals surface area contributed by atoms with Gasteiger partial charge in [-0.1, -0.05) is 11.6 Å². The van der Waals surface area contributed by atoms with Crippen molar-refractivity contribution in [2.75, 3.05) is 13.1 Å². The molecule has 2 rings (SSSR count). The second kappa shape index (κ2) is 4.88. The van der Waals surface area contributed by atoms with Crippen molar-refractivity contribution < 1.29 is 5.11 Å². The van der Waals surface area contributed by atoms with Gasteiger partial charge >= 0.3 is 0 Å². The average Bonchev–Trinajstić information content (AvgIpc) is 2.22. The van der Waals surface area contributed by atoms with Crippen LogP contribution >= 0.6 is 15.9 Å². The number of aliphatic hydroxyl groups is 1. The summed E-state index contributed by atoms with van der Waals surface area (Å²) < 4.78 is 1.02. The molecule has 2 heterocycles. The van der Waals surface area contributed by atoms with Crippen molar-refractivity contribution in [1.82, 2.24) is 10.3 Å². The molecule has 15 heavy (non-hydrogen) atoms. The molecule has 1 aliphatic rings. The first-order valence-electron chi connectivity index (χ1n) is 4.92. The van der Waals surface area contributed by atoms with Crippen LogP contribution < -0.4 is 5.32 Å². The molecule has 1 atom stereocenters. The van der Waals surface area contributed by atoms with Crippen molar-refractivity contribution in [1.29, 1.82) is 0 Å². The van der Waals surface area contributed by atoms with Crippen LogP contribution in [0.25, 0.3) is 0 Å². The van der Waals surface area contributed by atoms with Crippen LogP contribution in [0.1, 0.15) is 5.56 Å². The molecule has 0 aliphatic carbocycles. The summed E-state index contributed by atoms with van der Waals surface area (Å²) in [5.41, 5.74) is 2.42. The topological polar surface area (TPSA) is 45.2 Å². The highest BCUT2D eigenvalue weighted by molar-refractivity contribution is 9.10. The first-order valence-corrected chi connectivity index (χ1v) is 5.72. The highest BCUT2D eigenvalue weighted by atomic mass is 79.9. The second-order valence-electron chi connectivity index (χ2n) is 3.67. The molecule has 80 valence electrons. The summed E-state index contributed by atoms with van der Waals surface area (Å²) in [7, 11) is 0. The predicted molar refractivity (Wildman–Crippen MR) is 62.6 cm³/mol. The number of pyridine rings is 1. The number of halogens is 1. The van der Waals surface area contributed by atoms with Crippen molar-refractivity contribution in [2.45, 2.75) is 12.5 Å². The molecule has 1 aromatic rings. The number of nitrogens with one attached hydrogen (secondary N) is 1. The quantitative estimate of drug-likeness (QED) is 0.795. The zero-order valence-electron chi connectivity index (χ0n) is 8.28. The maximum absolute atomic E-state index is 9.46. The molecule has 1 aliphatic heterocycles. The Morgan fingerprint density at radius 3 is 3.20 bits per heavy atom. The van der Waals surface area contributed by atoms with E-state index in [0.29, 0.717) is 6.54 Å². The van der Waals surface area contributed by atoms with Crippen LogP contribution in [0.4, 0.5) is 0 Å². The average molecular weight is 269 g/mol. The second-order valence-corrected chi connectivity index (χ2v) is 4.52. The van der Waals surface area contributed by atoms with E-state index in [1.807, 2.05) is 12.1 Å². The number of rotatable bonds is 2. The van der Waals surface area contributed by atoms with Gasteiger partial charge in [-0.25, -0.2) is 0 Å². The Kier molecular flexibility index (Phi) is 3.51. The summed E-state index contributed by atoms with van der Waals surface area (Å²) >= 11 is 3.47. The summed E-state index contributed by atoms with van der Waals surface area (Å²) in [5, 5.41) is 12.6. The summed E-state index contributed by atoms with van der Waals surface area (Å²) in [5.74, 6) is 0. The molecular weight excluding hydrogens is 256 g/mol. The lowest BCUT2D eigenvalue weighted by Gasteiger charge is -2.18. The lowest BCUT2D eigenvalue weighted by Crippen LogP contribution is -2.32. The third-order valence-electron chi connectivity index (χ3n) is 2.41. The van der Waals surface area contributed by atoms with Gasteiger partial charge in [-0.3, -0.25) is 4.98 Å². The Hall–Kier alpha value is -0.710. The number of hydrogen-bond donors (Lipinski definition) is 2. The van der Waals surface area contributed by atoms with Gasteiger partial charge in [-0.2, -0.15) is 0 Å². The van der Waals surface area contributed by atoms with Gasteiger partial charge in [0.25, 0.3) is 0 Å². The molecule has 0 aromatic carbocycles. The zero-order valence-corrected chi connectivity index (χ0v) is 9.87. The molecule has 4 heteroatoms. The molecule has 0 radical (unpaired) electrons. The minimum Gasteiger partial charge on any atom is -0.388 e. The molecule has 3 nitrogen and oxygen atoms in total. The smallest absolute Gasteiger partial charge is 0.0848 e. The summed E-state index contributed by atoms with van der Waals surface area (Å²) in [6.45, 7) is 1.51. The van der Waals surface area contributed by atoms with Crippen molar-refractivity contribution in [3.05, 3.63) is 40.1 Å². The van der Waals surface area contributed by atoms with Crippen LogP contribution in [0.2, 0.25) is 0 Å². The SMILES string of the molecule is OC1C=C(Cc2ccncc2Br)CNC1. The van der Waals surface area contributed by atoms with Gasteiger partial charge in [0.15, 0.2) is 0 Å². The highest BCUT2D eigenvalue weighted by Crippen LogP contribution is 2.18. The molecule has 0 saturated heterocycles. The third-order valence-corrected chi connectivity index (χ3v) is 3.12. The fourth-order valence-corrected chi connectivity index (χ4v) is 2.07. The normalized spacial score (nSPS) is 21.2. The van der Waals surface area contributed by atoms with E-state index in [2.05, 4.69) is 26.2 Å². The fourth-order valence-electron chi connectivity index (χ4n) is 1.68. The van der Waals surface area contributed by atoms with Crippen LogP contribution in [-0.4, -0.2) is 29.3 Å². The van der Waals surface area contributed by atoms with Crippen LogP contribution in [0.15, 0.2) is 34.6 Å². The Bertz CT molecular complexity index is 379. The van der Waals surface area contributed by atoms with E-state index < -0.39 is 0 Å². The number of nitrogens with zero attached hydrogens (tertiary/aromatic N) is 1. The molecular formula is C11H13BrN2O. The van der Waals surface area contributed by atoms with Crippen molar-refractivity contribution in [2.24, 2.45) is 0 Å². The Morgan fingerprint density at radius 2 is 2.47 bits per heavy atom. The van der Waals surface area contributed by atoms with Gasteiger partial charge in [-0.15, -0.1) is 0 Å². The third kappa shape index (κ3) is 2.87. The van der Waals surface area contributed by atoms with E-state index in [0.717, 1.165) is 17.4 Å². The Labute approximate surface area is 97.4 Å². The molecule has 0 saturated carbocycles. The highest BCUT2D eigenvalue weighted by Gasteiger charge is 2.11. The van der Waals surface area contributed by atoms with Gasteiger partial charge in [0, 0.05) is 30.0 Å². The molecule has 0 fully saturated rings. The van der Waals surface area contributed by atoms with E-state index in [4.69, 9.17) is 0 Å². The van der Waals surface area contributed by atoms with Crippen LogP contribution in [0, 0.1) is 0 Å². The maximum Gasteiger partial charge on any atom is 0.0848 e. The van der Waals surface area contributed by atoms with Gasteiger partial charge in [0.2, 0.25) is 0 Å². The zero-order chi connectivity index (χ0) is 10.7. The summed E-state index contributed by atoms with van der Waals surface area (Å²) in [6.07, 6.45) is 6.02. The maximum atomic E-state index is 9.46. The van der Waals surface area contributed by atoms with Crippen molar-refractivity contribution in [3.63, 3.8) is 0 Å². The van der Waals surface area contributed by atoms with Crippen molar-refractivity contribution in [3.8, 4) is 0 Å². The van der Waals surface area contributed by atoms with Crippen molar-refractivity contribution >= 4 is 15.9 Å². The monoisotopic (exact) mass is 268 g/mol. The number of aromatic nitrogens is 1. The Balaban J connectivity index is 2.12. The van der Waals surface area contributed by atoms with Crippen LogP contribution in [0.5, 0.6) is 0 Å². The molecule has 0 spiro atoms. The molecule has 1 aromatic heterocycles. The standard InChI is InChI=1S/C11H13BrN2O/c12-11-7-13-2-1-9(11)3-8-4-10(15)6-14-5-8/h1-2,4,7,10,14-15H,3,5-6H2. The van der Waals surface area contributed by atoms with Gasteiger partial charge in [-0.05, 0) is 34.0 Å². The van der Waals surface area contributed by atoms with Gasteiger partial charge in [0.1, 0.15) is 0 Å². The predicted octanol–water partition coefficient (Wildman–Crippen LogP) is 1.28. The minimum atomic E-state index is -0.352. The van der Waals surface area contributed by atoms with E-state index >= 15 is 0 Å². The number of hydrogen-bond acceptors (Lipinski definition) is 3. The fraction of sp³-hybridized carbons (Fsp3) is 0.364. The Morgan fingerprint density at radius 1 is 1.60 bits per heavy atom. The lowest BCUT2D eigenvalue weighted by molar-refractivity contribution is 0.213. The van der Waals surface area contributed by atoms with E-state index in [1.54, 1.807) is 12.4 Å². The molecule has 1 unspecified atom stereocenters. The lowest BCUT2D eigenvalue weighted by atomic mass is 10.0. The molecule has 2 N–H and O–H groups in total. The minimum absolute atomic E-state index is 0.352. The molecule has 0 bridgehead atoms. The van der Waals surface area contributed by atoms with E-state index in [-0.39, 0.29) is 6.10 Å². The van der Waals surface area contributed by atoms with Crippen LogP contribution in [0.3, 0.4) is 0 Å². The first-order chi connectivity index (χ1) is 7.25. The summed E-state index contributed by atoms with van der Waals surface area (Å²) in [4.78, 5) is 4.02. The largest absolute Gasteiger partial charge is 0.388 e. The van der Waals surface area contributed by atoms with E-state index in [9.17, 15) is 5.11 Å². The number of β-amino-alcohol motifs (C(OH)–C–C–N with tert-alkyl or cyclic N) is 1. The molecule has 0 amide bonds.